The number of carboxylic acid groups (broad SMARTS) is 1. The zero-order valence-electron chi connectivity index (χ0n) is 11.4. The van der Waals surface area contributed by atoms with Gasteiger partial charge in [0.05, 0.1) is 7.11 Å². The molecule has 1 amide bonds. The lowest BCUT2D eigenvalue weighted by molar-refractivity contribution is -0.143. The maximum Gasteiger partial charge on any atom is 0.330 e. The summed E-state index contributed by atoms with van der Waals surface area (Å²) in [6, 6.07) is 5.08. The minimum absolute atomic E-state index is 0.381. The molecule has 1 aromatic carbocycles. The first-order valence-electron chi connectivity index (χ1n) is 6.27. The van der Waals surface area contributed by atoms with E-state index in [2.05, 4.69) is 5.32 Å². The van der Waals surface area contributed by atoms with Crippen molar-refractivity contribution in [3.63, 3.8) is 0 Å². The van der Waals surface area contributed by atoms with Crippen LogP contribution in [0.2, 0.25) is 0 Å². The van der Waals surface area contributed by atoms with Gasteiger partial charge in [-0.2, -0.15) is 11.8 Å². The van der Waals surface area contributed by atoms with Gasteiger partial charge in [0.1, 0.15) is 11.3 Å². The molecule has 0 spiro atoms. The number of thioether (sulfide) groups is 1. The van der Waals surface area contributed by atoms with E-state index in [0.29, 0.717) is 23.5 Å². The van der Waals surface area contributed by atoms with E-state index in [4.69, 9.17) is 4.74 Å². The minimum atomic E-state index is -1.15. The number of aliphatic carboxylic acids is 1. The van der Waals surface area contributed by atoms with Gasteiger partial charge in [-0.25, -0.2) is 4.79 Å². The molecule has 1 saturated heterocycles. The van der Waals surface area contributed by atoms with Crippen LogP contribution in [0.3, 0.4) is 0 Å². The number of amides is 1. The Labute approximate surface area is 121 Å². The lowest BCUT2D eigenvalue weighted by atomic mass is 9.98. The Balaban J connectivity index is 2.21. The smallest absolute Gasteiger partial charge is 0.330 e. The Morgan fingerprint density at radius 2 is 2.20 bits per heavy atom. The second kappa shape index (κ2) is 5.75. The molecule has 0 aliphatic carbocycles. The molecule has 108 valence electrons. The Hall–Kier alpha value is -1.69. The summed E-state index contributed by atoms with van der Waals surface area (Å²) in [6.45, 7) is 1.88. The molecule has 0 bridgehead atoms. The Morgan fingerprint density at radius 1 is 1.45 bits per heavy atom. The van der Waals surface area contributed by atoms with Crippen LogP contribution in [-0.4, -0.2) is 41.1 Å². The van der Waals surface area contributed by atoms with Crippen LogP contribution < -0.4 is 10.1 Å². The summed E-state index contributed by atoms with van der Waals surface area (Å²) < 4.78 is 5.18. The standard InChI is InChI=1S/C14H17NO4S/c1-9-3-4-10(7-11(9)19-2)12(16)15-14(13(17)18)5-6-20-8-14/h3-4,7H,5-6,8H2,1-2H3,(H,15,16)(H,17,18). The van der Waals surface area contributed by atoms with Crippen molar-refractivity contribution in [3.8, 4) is 5.75 Å². The minimum Gasteiger partial charge on any atom is -0.496 e. The topological polar surface area (TPSA) is 75.6 Å². The van der Waals surface area contributed by atoms with Crippen LogP contribution in [0.25, 0.3) is 0 Å². The number of carboxylic acids is 1. The van der Waals surface area contributed by atoms with Crippen molar-refractivity contribution in [1.29, 1.82) is 0 Å². The molecule has 0 radical (unpaired) electrons. The van der Waals surface area contributed by atoms with Crippen LogP contribution in [0.4, 0.5) is 0 Å². The average Bonchev–Trinajstić information content (AvgIpc) is 2.89. The van der Waals surface area contributed by atoms with Crippen molar-refractivity contribution in [1.82, 2.24) is 5.32 Å². The number of ether oxygens (including phenoxy) is 1. The molecular formula is C14H17NO4S. The van der Waals surface area contributed by atoms with Gasteiger partial charge in [0.2, 0.25) is 0 Å². The highest BCUT2D eigenvalue weighted by molar-refractivity contribution is 7.99. The summed E-state index contributed by atoms with van der Waals surface area (Å²) in [5, 5.41) is 12.0. The van der Waals surface area contributed by atoms with Gasteiger partial charge in [-0.05, 0) is 36.8 Å². The molecule has 1 aliphatic rings. The fourth-order valence-corrected chi connectivity index (χ4v) is 3.46. The number of hydrogen-bond donors (Lipinski definition) is 2. The zero-order chi connectivity index (χ0) is 14.8. The van der Waals surface area contributed by atoms with Crippen LogP contribution in [-0.2, 0) is 4.79 Å². The number of benzene rings is 1. The number of carbonyl (C=O) groups excluding carboxylic acids is 1. The summed E-state index contributed by atoms with van der Waals surface area (Å²) >= 11 is 1.54. The average molecular weight is 295 g/mol. The highest BCUT2D eigenvalue weighted by Gasteiger charge is 2.43. The first-order valence-corrected chi connectivity index (χ1v) is 7.42. The first kappa shape index (κ1) is 14.7. The van der Waals surface area contributed by atoms with Gasteiger partial charge in [0.25, 0.3) is 5.91 Å². The molecule has 1 atom stereocenters. The third-order valence-electron chi connectivity index (χ3n) is 3.45. The summed E-state index contributed by atoms with van der Waals surface area (Å²) in [5.74, 6) is 0.395. The van der Waals surface area contributed by atoms with E-state index in [0.717, 1.165) is 11.3 Å². The largest absolute Gasteiger partial charge is 0.496 e. The van der Waals surface area contributed by atoms with Gasteiger partial charge in [0.15, 0.2) is 0 Å². The molecule has 5 nitrogen and oxygen atoms in total. The highest BCUT2D eigenvalue weighted by atomic mass is 32.2. The van der Waals surface area contributed by atoms with E-state index < -0.39 is 11.5 Å². The summed E-state index contributed by atoms with van der Waals surface area (Å²) in [4.78, 5) is 23.7. The number of rotatable bonds is 4. The lowest BCUT2D eigenvalue weighted by Gasteiger charge is -2.24. The van der Waals surface area contributed by atoms with Gasteiger partial charge in [0, 0.05) is 11.3 Å². The second-order valence-electron chi connectivity index (χ2n) is 4.83. The maximum atomic E-state index is 12.3. The fraction of sp³-hybridized carbons (Fsp3) is 0.429. The van der Waals surface area contributed by atoms with Gasteiger partial charge in [-0.15, -0.1) is 0 Å². The predicted octanol–water partition coefficient (Wildman–Crippen LogP) is 1.69. The van der Waals surface area contributed by atoms with Crippen molar-refractivity contribution < 1.29 is 19.4 Å². The van der Waals surface area contributed by atoms with E-state index in [9.17, 15) is 14.7 Å². The number of aryl methyl sites for hydroxylation is 1. The SMILES string of the molecule is COc1cc(C(=O)NC2(C(=O)O)CCSC2)ccc1C. The van der Waals surface area contributed by atoms with Crippen LogP contribution in [0.15, 0.2) is 18.2 Å². The maximum absolute atomic E-state index is 12.3. The summed E-state index contributed by atoms with van der Waals surface area (Å²) in [5.41, 5.74) is 0.179. The molecule has 1 aromatic rings. The molecule has 2 N–H and O–H groups in total. The van der Waals surface area contributed by atoms with Crippen LogP contribution in [0.5, 0.6) is 5.75 Å². The highest BCUT2D eigenvalue weighted by Crippen LogP contribution is 2.29. The third kappa shape index (κ3) is 2.75. The third-order valence-corrected chi connectivity index (χ3v) is 4.64. The molecule has 1 fully saturated rings. The van der Waals surface area contributed by atoms with Crippen molar-refractivity contribution >= 4 is 23.6 Å². The summed E-state index contributed by atoms with van der Waals surface area (Å²) in [6.07, 6.45) is 0.446. The monoisotopic (exact) mass is 295 g/mol. The molecule has 1 unspecified atom stereocenters. The Morgan fingerprint density at radius 3 is 2.75 bits per heavy atom. The van der Waals surface area contributed by atoms with Crippen molar-refractivity contribution in [2.45, 2.75) is 18.9 Å². The molecule has 2 rings (SSSR count). The lowest BCUT2D eigenvalue weighted by Crippen LogP contribution is -2.54. The van der Waals surface area contributed by atoms with Crippen LogP contribution in [0, 0.1) is 6.92 Å². The predicted molar refractivity (Wildman–Crippen MR) is 77.5 cm³/mol. The van der Waals surface area contributed by atoms with Crippen LogP contribution >= 0.6 is 11.8 Å². The van der Waals surface area contributed by atoms with E-state index in [1.54, 1.807) is 18.2 Å². The molecule has 1 heterocycles. The number of methoxy groups -OCH3 is 1. The van der Waals surface area contributed by atoms with Crippen LogP contribution in [0.1, 0.15) is 22.3 Å². The Bertz CT molecular complexity index is 538. The molecule has 0 saturated carbocycles. The number of hydrogen-bond acceptors (Lipinski definition) is 4. The molecule has 6 heteroatoms. The molecular weight excluding hydrogens is 278 g/mol. The van der Waals surface area contributed by atoms with Crippen molar-refractivity contribution in [2.24, 2.45) is 0 Å². The van der Waals surface area contributed by atoms with E-state index in [1.807, 2.05) is 6.92 Å². The zero-order valence-corrected chi connectivity index (χ0v) is 12.3. The molecule has 20 heavy (non-hydrogen) atoms. The van der Waals surface area contributed by atoms with Gasteiger partial charge in [-0.3, -0.25) is 4.79 Å². The van der Waals surface area contributed by atoms with Gasteiger partial charge in [-0.1, -0.05) is 6.07 Å². The van der Waals surface area contributed by atoms with E-state index >= 15 is 0 Å². The normalized spacial score (nSPS) is 21.5. The summed E-state index contributed by atoms with van der Waals surface area (Å²) in [7, 11) is 1.54. The number of carbonyl (C=O) groups is 2. The van der Waals surface area contributed by atoms with Crippen molar-refractivity contribution in [2.75, 3.05) is 18.6 Å². The first-order chi connectivity index (χ1) is 9.48. The quantitative estimate of drug-likeness (QED) is 0.884. The fourth-order valence-electron chi connectivity index (χ4n) is 2.14. The van der Waals surface area contributed by atoms with E-state index in [-0.39, 0.29) is 5.91 Å². The second-order valence-corrected chi connectivity index (χ2v) is 5.93. The van der Waals surface area contributed by atoms with Crippen molar-refractivity contribution in [3.05, 3.63) is 29.3 Å². The van der Waals surface area contributed by atoms with Gasteiger partial charge < -0.3 is 15.2 Å². The molecule has 0 aromatic heterocycles. The number of nitrogens with one attached hydrogen (secondary N) is 1. The van der Waals surface area contributed by atoms with Gasteiger partial charge >= 0.3 is 5.97 Å². The van der Waals surface area contributed by atoms with E-state index in [1.165, 1.54) is 18.9 Å². The Kier molecular flexibility index (Phi) is 4.23. The molecule has 1 aliphatic heterocycles.